The van der Waals surface area contributed by atoms with E-state index in [9.17, 15) is 14.4 Å². The molecule has 0 atom stereocenters. The summed E-state index contributed by atoms with van der Waals surface area (Å²) in [7, 11) is 0. The van der Waals surface area contributed by atoms with Gasteiger partial charge in [0.15, 0.2) is 11.2 Å². The largest absolute Gasteiger partial charge is 0.327 e. The predicted molar refractivity (Wildman–Crippen MR) is 67.1 cm³/mol. The second kappa shape index (κ2) is 4.05. The number of fused-ring (bicyclic) bond motifs is 1. The average Bonchev–Trinajstić information content (AvgIpc) is 2.83. The molecule has 0 spiro atoms. The van der Waals surface area contributed by atoms with Gasteiger partial charge in [0.05, 0.1) is 0 Å². The lowest BCUT2D eigenvalue weighted by Crippen LogP contribution is -2.25. The maximum Gasteiger partial charge on any atom is 0.327 e. The smallest absolute Gasteiger partial charge is 0.290 e. The summed E-state index contributed by atoms with van der Waals surface area (Å²) in [5.41, 5.74) is -0.783. The first kappa shape index (κ1) is 11.1. The molecule has 0 amide bonds. The Morgan fingerprint density at radius 3 is 2.58 bits per heavy atom. The van der Waals surface area contributed by atoms with Gasteiger partial charge in [0, 0.05) is 5.56 Å². The van der Waals surface area contributed by atoms with E-state index in [0.29, 0.717) is 5.56 Å². The van der Waals surface area contributed by atoms with Crippen LogP contribution in [0.4, 0.5) is 0 Å². The summed E-state index contributed by atoms with van der Waals surface area (Å²) in [6.07, 6.45) is 1.21. The van der Waals surface area contributed by atoms with Crippen molar-refractivity contribution in [3.8, 4) is 0 Å². The maximum absolute atomic E-state index is 12.2. The Hall–Kier alpha value is -2.96. The molecule has 7 heteroatoms. The minimum absolute atomic E-state index is 0.0217. The Bertz CT molecular complexity index is 873. The molecule has 94 valence electrons. The van der Waals surface area contributed by atoms with Gasteiger partial charge in [-0.3, -0.25) is 24.1 Å². The summed E-state index contributed by atoms with van der Waals surface area (Å²) >= 11 is 0. The van der Waals surface area contributed by atoms with E-state index in [2.05, 4.69) is 15.0 Å². The highest BCUT2D eigenvalue weighted by atomic mass is 16.2. The number of aromatic amines is 2. The predicted octanol–water partition coefficient (Wildman–Crippen LogP) is 0.101. The van der Waals surface area contributed by atoms with Gasteiger partial charge in [-0.15, -0.1) is 0 Å². The highest BCUT2D eigenvalue weighted by Crippen LogP contribution is 2.07. The molecule has 0 fully saturated rings. The van der Waals surface area contributed by atoms with Crippen molar-refractivity contribution in [2.75, 3.05) is 0 Å². The molecule has 3 aromatic rings. The van der Waals surface area contributed by atoms with Gasteiger partial charge < -0.3 is 0 Å². The molecule has 0 saturated heterocycles. The molecule has 0 saturated carbocycles. The molecule has 2 heterocycles. The molecule has 1 aromatic carbocycles. The molecule has 0 aliphatic heterocycles. The second-order valence-electron chi connectivity index (χ2n) is 3.89. The lowest BCUT2D eigenvalue weighted by atomic mass is 10.2. The van der Waals surface area contributed by atoms with Crippen LogP contribution in [0.3, 0.4) is 0 Å². The number of carbonyl (C=O) groups excluding carboxylic acids is 1. The van der Waals surface area contributed by atoms with Crippen molar-refractivity contribution >= 4 is 17.1 Å². The number of rotatable bonds is 1. The molecule has 0 aliphatic rings. The number of nitrogens with zero attached hydrogens (tertiary/aromatic N) is 2. The van der Waals surface area contributed by atoms with Gasteiger partial charge in [0.25, 0.3) is 11.5 Å². The first-order chi connectivity index (χ1) is 9.16. The number of hydrogen-bond acceptors (Lipinski definition) is 4. The quantitative estimate of drug-likeness (QED) is 0.644. The highest BCUT2D eigenvalue weighted by Gasteiger charge is 2.15. The van der Waals surface area contributed by atoms with Crippen LogP contribution in [-0.4, -0.2) is 25.4 Å². The number of imidazole rings is 1. The van der Waals surface area contributed by atoms with Crippen LogP contribution in [0.15, 0.2) is 46.2 Å². The summed E-state index contributed by atoms with van der Waals surface area (Å²) in [4.78, 5) is 43.4. The molecule has 0 bridgehead atoms. The maximum atomic E-state index is 12.2. The van der Waals surface area contributed by atoms with Gasteiger partial charge in [-0.25, -0.2) is 9.78 Å². The highest BCUT2D eigenvalue weighted by molar-refractivity contribution is 6.00. The minimum Gasteiger partial charge on any atom is -0.290 e. The topological polar surface area (TPSA) is 101 Å². The molecular weight excluding hydrogens is 248 g/mol. The van der Waals surface area contributed by atoms with E-state index in [1.165, 1.54) is 6.33 Å². The molecule has 7 nitrogen and oxygen atoms in total. The Kier molecular flexibility index (Phi) is 2.38. The van der Waals surface area contributed by atoms with Crippen molar-refractivity contribution in [1.82, 2.24) is 19.5 Å². The monoisotopic (exact) mass is 256 g/mol. The fraction of sp³-hybridized carbons (Fsp3) is 0. The molecule has 2 aromatic heterocycles. The van der Waals surface area contributed by atoms with E-state index in [1.807, 2.05) is 0 Å². The van der Waals surface area contributed by atoms with Gasteiger partial charge in [-0.05, 0) is 12.1 Å². The van der Waals surface area contributed by atoms with E-state index in [0.717, 1.165) is 4.57 Å². The van der Waals surface area contributed by atoms with Gasteiger partial charge >= 0.3 is 5.69 Å². The minimum atomic E-state index is -0.657. The van der Waals surface area contributed by atoms with E-state index >= 15 is 0 Å². The molecule has 3 rings (SSSR count). The van der Waals surface area contributed by atoms with E-state index in [-0.39, 0.29) is 17.1 Å². The third kappa shape index (κ3) is 1.77. The van der Waals surface area contributed by atoms with Crippen molar-refractivity contribution in [1.29, 1.82) is 0 Å². The van der Waals surface area contributed by atoms with E-state index < -0.39 is 11.2 Å². The van der Waals surface area contributed by atoms with E-state index in [1.54, 1.807) is 30.3 Å². The van der Waals surface area contributed by atoms with Crippen LogP contribution < -0.4 is 11.2 Å². The zero-order valence-corrected chi connectivity index (χ0v) is 9.58. The molecule has 19 heavy (non-hydrogen) atoms. The van der Waals surface area contributed by atoms with Crippen LogP contribution >= 0.6 is 0 Å². The van der Waals surface area contributed by atoms with Crippen LogP contribution in [0.1, 0.15) is 10.4 Å². The zero-order chi connectivity index (χ0) is 13.4. The Balaban J connectivity index is 2.25. The van der Waals surface area contributed by atoms with Crippen LogP contribution in [0.2, 0.25) is 0 Å². The summed E-state index contributed by atoms with van der Waals surface area (Å²) in [5, 5.41) is 0. The number of hydrogen-bond donors (Lipinski definition) is 2. The average molecular weight is 256 g/mol. The first-order valence-corrected chi connectivity index (χ1v) is 5.46. The second-order valence-corrected chi connectivity index (χ2v) is 3.89. The summed E-state index contributed by atoms with van der Waals surface area (Å²) < 4.78 is 1.11. The van der Waals surface area contributed by atoms with Gasteiger partial charge in [0.2, 0.25) is 0 Å². The lowest BCUT2D eigenvalue weighted by molar-refractivity contribution is 0.0964. The third-order valence-electron chi connectivity index (χ3n) is 2.68. The fourth-order valence-corrected chi connectivity index (χ4v) is 1.83. The Morgan fingerprint density at radius 1 is 1.11 bits per heavy atom. The molecule has 2 N–H and O–H groups in total. The SMILES string of the molecule is O=C(c1ccccc1)n1cnc2[nH]c(=O)[nH]c(=O)c21. The van der Waals surface area contributed by atoms with Crippen molar-refractivity contribution in [3.63, 3.8) is 0 Å². The zero-order valence-electron chi connectivity index (χ0n) is 9.58. The van der Waals surface area contributed by atoms with Crippen molar-refractivity contribution in [2.45, 2.75) is 0 Å². The Labute approximate surface area is 105 Å². The number of carbonyl (C=O) groups is 1. The fourth-order valence-electron chi connectivity index (χ4n) is 1.83. The molecular formula is C12H8N4O3. The third-order valence-corrected chi connectivity index (χ3v) is 2.68. The van der Waals surface area contributed by atoms with Crippen LogP contribution in [0, 0.1) is 0 Å². The summed E-state index contributed by atoms with van der Waals surface area (Å²) in [6, 6.07) is 8.49. The summed E-state index contributed by atoms with van der Waals surface area (Å²) in [5.74, 6) is -0.388. The number of benzene rings is 1. The molecule has 0 unspecified atom stereocenters. The van der Waals surface area contributed by atoms with Crippen LogP contribution in [0.25, 0.3) is 11.2 Å². The van der Waals surface area contributed by atoms with Gasteiger partial charge in [-0.1, -0.05) is 18.2 Å². The van der Waals surface area contributed by atoms with Crippen molar-refractivity contribution in [3.05, 3.63) is 63.1 Å². The first-order valence-electron chi connectivity index (χ1n) is 5.46. The number of H-pyrrole nitrogens is 2. The van der Waals surface area contributed by atoms with Gasteiger partial charge in [-0.2, -0.15) is 0 Å². The number of aromatic nitrogens is 4. The number of nitrogens with one attached hydrogen (secondary N) is 2. The Morgan fingerprint density at radius 2 is 1.84 bits per heavy atom. The standard InChI is InChI=1S/C12H8N4O3/c17-10-8-9(14-12(19)15-10)13-6-16(8)11(18)7-4-2-1-3-5-7/h1-6H,(H2,14,15,17,19). The van der Waals surface area contributed by atoms with Crippen molar-refractivity contribution in [2.24, 2.45) is 0 Å². The van der Waals surface area contributed by atoms with Crippen LogP contribution in [-0.2, 0) is 0 Å². The normalized spacial score (nSPS) is 10.7. The van der Waals surface area contributed by atoms with Crippen molar-refractivity contribution < 1.29 is 4.79 Å². The van der Waals surface area contributed by atoms with E-state index in [4.69, 9.17) is 0 Å². The summed E-state index contributed by atoms with van der Waals surface area (Å²) in [6.45, 7) is 0. The van der Waals surface area contributed by atoms with Crippen LogP contribution in [0.5, 0.6) is 0 Å². The van der Waals surface area contributed by atoms with Gasteiger partial charge in [0.1, 0.15) is 6.33 Å². The lowest BCUT2D eigenvalue weighted by Gasteiger charge is -2.01. The molecule has 0 radical (unpaired) electrons. The molecule has 0 aliphatic carbocycles.